The summed E-state index contributed by atoms with van der Waals surface area (Å²) < 4.78 is 5.53. The van der Waals surface area contributed by atoms with Gasteiger partial charge in [0.05, 0.1) is 35.0 Å². The van der Waals surface area contributed by atoms with Crippen LogP contribution < -0.4 is 4.90 Å². The summed E-state index contributed by atoms with van der Waals surface area (Å²) in [5.41, 5.74) is 3.14. The third kappa shape index (κ3) is 6.90. The minimum atomic E-state index is -1.14. The quantitative estimate of drug-likeness (QED) is 0.237. The molecule has 1 atom stereocenters. The van der Waals surface area contributed by atoms with Gasteiger partial charge in [0.1, 0.15) is 0 Å². The van der Waals surface area contributed by atoms with Crippen LogP contribution in [0.15, 0.2) is 54.9 Å². The van der Waals surface area contributed by atoms with Crippen LogP contribution in [0.5, 0.6) is 0 Å². The van der Waals surface area contributed by atoms with Gasteiger partial charge in [-0.1, -0.05) is 23.2 Å². The molecule has 0 saturated carbocycles. The molecule has 43 heavy (non-hydrogen) atoms. The maximum Gasteiger partial charge on any atom is 0.187 e. The van der Waals surface area contributed by atoms with E-state index in [1.807, 2.05) is 4.90 Å². The molecule has 6 rings (SSSR count). The number of β-amino-alcohol motifs (C(OH)–C–C–N with tert-alkyl or cyclic N) is 1. The van der Waals surface area contributed by atoms with Crippen molar-refractivity contribution in [3.63, 3.8) is 0 Å². The fourth-order valence-electron chi connectivity index (χ4n) is 6.64. The Balaban J connectivity index is 0.991. The van der Waals surface area contributed by atoms with Crippen LogP contribution >= 0.6 is 23.2 Å². The summed E-state index contributed by atoms with van der Waals surface area (Å²) in [7, 11) is 0. The van der Waals surface area contributed by atoms with Gasteiger partial charge in [0.25, 0.3) is 0 Å². The molecule has 3 N–H and O–H groups in total. The Bertz CT molecular complexity index is 1450. The monoisotopic (exact) mass is 626 g/mol. The van der Waals surface area contributed by atoms with Gasteiger partial charge in [-0.05, 0) is 86.7 Å². The topological polar surface area (TPSA) is 92.3 Å². The van der Waals surface area contributed by atoms with Gasteiger partial charge in [0.2, 0.25) is 0 Å². The van der Waals surface area contributed by atoms with Crippen LogP contribution in [-0.2, 0) is 4.74 Å². The second kappa shape index (κ2) is 13.2. The largest absolute Gasteiger partial charge is 0.389 e. The standard InChI is InChI=1S/C33H40Cl2N4O4/c34-28-3-1-24(19-29(28)35)31(40)7-12-37-13-8-33(42,9-14-37)32(41)22-38-10-5-23(6-11-38)27-21-36-30-4-2-25(20-26(27)30)39-15-17-43-18-16-39/h1-4,7,12,19-21,23,32,36,41-42H,5-6,8-11,13-18,22H2. The number of nitrogens with zero attached hydrogens (tertiary/aromatic N) is 3. The van der Waals surface area contributed by atoms with Gasteiger partial charge in [0, 0.05) is 73.4 Å². The minimum absolute atomic E-state index is 0.159. The minimum Gasteiger partial charge on any atom is -0.389 e. The molecule has 1 aromatic heterocycles. The van der Waals surface area contributed by atoms with Crippen LogP contribution in [0.25, 0.3) is 10.9 Å². The number of piperidine rings is 2. The zero-order chi connectivity index (χ0) is 30.0. The number of likely N-dealkylation sites (tertiary alicyclic amines) is 2. The summed E-state index contributed by atoms with van der Waals surface area (Å²) in [6.07, 6.45) is 7.55. The molecule has 0 bridgehead atoms. The number of allylic oxidation sites excluding steroid dienone is 1. The predicted molar refractivity (Wildman–Crippen MR) is 171 cm³/mol. The SMILES string of the molecule is O=C(C=CN1CCC(O)(C(O)CN2CCC(c3c[nH]c4ccc(N5CCOCC5)cc34)CC2)CC1)c1ccc(Cl)c(Cl)c1. The van der Waals surface area contributed by atoms with E-state index >= 15 is 0 Å². The molecule has 0 aliphatic carbocycles. The van der Waals surface area contributed by atoms with E-state index in [2.05, 4.69) is 39.2 Å². The highest BCUT2D eigenvalue weighted by Gasteiger charge is 2.39. The summed E-state index contributed by atoms with van der Waals surface area (Å²) in [5.74, 6) is 0.305. The molecule has 10 heteroatoms. The number of carbonyl (C=O) groups excluding carboxylic acids is 1. The number of benzene rings is 2. The number of ether oxygens (including phenoxy) is 1. The Morgan fingerprint density at radius 3 is 2.49 bits per heavy atom. The van der Waals surface area contributed by atoms with Crippen molar-refractivity contribution in [3.8, 4) is 0 Å². The second-order valence-electron chi connectivity index (χ2n) is 12.1. The molecular formula is C33H40Cl2N4O4. The van der Waals surface area contributed by atoms with E-state index in [4.69, 9.17) is 27.9 Å². The number of aliphatic hydroxyl groups is 2. The molecule has 3 fully saturated rings. The fraction of sp³-hybridized carbons (Fsp3) is 0.485. The van der Waals surface area contributed by atoms with Gasteiger partial charge >= 0.3 is 0 Å². The Kier molecular flexibility index (Phi) is 9.33. The first-order valence-corrected chi connectivity index (χ1v) is 16.0. The summed E-state index contributed by atoms with van der Waals surface area (Å²) in [6, 6.07) is 11.5. The van der Waals surface area contributed by atoms with E-state index in [1.165, 1.54) is 28.2 Å². The average Bonchev–Trinajstić information content (AvgIpc) is 3.46. The zero-order valence-corrected chi connectivity index (χ0v) is 25.9. The molecule has 3 aliphatic heterocycles. The maximum atomic E-state index is 12.5. The van der Waals surface area contributed by atoms with Crippen molar-refractivity contribution in [2.45, 2.75) is 43.3 Å². The first-order valence-electron chi connectivity index (χ1n) is 15.3. The summed E-state index contributed by atoms with van der Waals surface area (Å²) >= 11 is 12.0. The van der Waals surface area contributed by atoms with Crippen molar-refractivity contribution in [2.75, 3.05) is 63.9 Å². The number of H-pyrrole nitrogens is 1. The number of carbonyl (C=O) groups is 1. The van der Waals surface area contributed by atoms with E-state index in [9.17, 15) is 15.0 Å². The van der Waals surface area contributed by atoms with Gasteiger partial charge in [-0.25, -0.2) is 0 Å². The molecule has 3 aliphatic rings. The van der Waals surface area contributed by atoms with E-state index in [0.29, 0.717) is 54.0 Å². The molecule has 2 aromatic carbocycles. The number of aromatic nitrogens is 1. The number of aliphatic hydroxyl groups excluding tert-OH is 1. The lowest BCUT2D eigenvalue weighted by Gasteiger charge is -2.43. The number of hydrogen-bond acceptors (Lipinski definition) is 7. The van der Waals surface area contributed by atoms with E-state index < -0.39 is 11.7 Å². The second-order valence-corrected chi connectivity index (χ2v) is 12.9. The Morgan fingerprint density at radius 1 is 1.02 bits per heavy atom. The van der Waals surface area contributed by atoms with Crippen LogP contribution in [0.1, 0.15) is 47.5 Å². The number of fused-ring (bicyclic) bond motifs is 1. The normalized spacial score (nSPS) is 21.1. The Hall–Kier alpha value is -2.59. The third-order valence-electron chi connectivity index (χ3n) is 9.46. The fourth-order valence-corrected chi connectivity index (χ4v) is 6.94. The highest BCUT2D eigenvalue weighted by atomic mass is 35.5. The number of nitrogens with one attached hydrogen (secondary N) is 1. The van der Waals surface area contributed by atoms with Gasteiger partial charge in [-0.2, -0.15) is 0 Å². The first kappa shape index (κ1) is 30.4. The van der Waals surface area contributed by atoms with Crippen molar-refractivity contribution in [2.24, 2.45) is 0 Å². The van der Waals surface area contributed by atoms with E-state index in [1.54, 1.807) is 24.4 Å². The van der Waals surface area contributed by atoms with E-state index in [0.717, 1.165) is 52.2 Å². The lowest BCUT2D eigenvalue weighted by Crippen LogP contribution is -2.54. The Labute approximate surface area is 262 Å². The van der Waals surface area contributed by atoms with Crippen molar-refractivity contribution in [1.82, 2.24) is 14.8 Å². The van der Waals surface area contributed by atoms with Crippen LogP contribution in [0.4, 0.5) is 5.69 Å². The molecule has 4 heterocycles. The molecule has 8 nitrogen and oxygen atoms in total. The molecule has 3 aromatic rings. The lowest BCUT2D eigenvalue weighted by molar-refractivity contribution is -0.114. The van der Waals surface area contributed by atoms with E-state index in [-0.39, 0.29) is 5.78 Å². The third-order valence-corrected chi connectivity index (χ3v) is 10.2. The predicted octanol–water partition coefficient (Wildman–Crippen LogP) is 5.08. The highest BCUT2D eigenvalue weighted by molar-refractivity contribution is 6.42. The van der Waals surface area contributed by atoms with Crippen molar-refractivity contribution >= 4 is 45.6 Å². The molecule has 0 spiro atoms. The number of aromatic amines is 1. The molecule has 0 amide bonds. The van der Waals surface area contributed by atoms with Gasteiger partial charge in [-0.3, -0.25) is 4.79 Å². The molecule has 3 saturated heterocycles. The lowest BCUT2D eigenvalue weighted by atomic mass is 9.84. The van der Waals surface area contributed by atoms with Gasteiger partial charge in [0.15, 0.2) is 5.78 Å². The smallest absolute Gasteiger partial charge is 0.187 e. The molecule has 0 radical (unpaired) electrons. The summed E-state index contributed by atoms with van der Waals surface area (Å²) in [5, 5.41) is 24.5. The molecule has 230 valence electrons. The van der Waals surface area contributed by atoms with Crippen molar-refractivity contribution < 1.29 is 19.7 Å². The van der Waals surface area contributed by atoms with Crippen LogP contribution in [0, 0.1) is 0 Å². The average molecular weight is 628 g/mol. The number of rotatable bonds is 8. The van der Waals surface area contributed by atoms with Crippen molar-refractivity contribution in [3.05, 3.63) is 76.0 Å². The van der Waals surface area contributed by atoms with Gasteiger partial charge in [-0.15, -0.1) is 0 Å². The molecular weight excluding hydrogens is 587 g/mol. The summed E-state index contributed by atoms with van der Waals surface area (Å²) in [4.78, 5) is 22.7. The molecule has 1 unspecified atom stereocenters. The number of morpholine rings is 1. The van der Waals surface area contributed by atoms with Crippen molar-refractivity contribution in [1.29, 1.82) is 0 Å². The van der Waals surface area contributed by atoms with Gasteiger partial charge < -0.3 is 34.6 Å². The first-order chi connectivity index (χ1) is 20.8. The number of ketones is 1. The highest BCUT2D eigenvalue weighted by Crippen LogP contribution is 2.36. The summed E-state index contributed by atoms with van der Waals surface area (Å²) in [6.45, 7) is 6.76. The van der Waals surface area contributed by atoms with Crippen LogP contribution in [0.3, 0.4) is 0 Å². The Morgan fingerprint density at radius 2 is 1.77 bits per heavy atom. The van der Waals surface area contributed by atoms with Crippen LogP contribution in [-0.4, -0.2) is 102 Å². The number of anilines is 1. The van der Waals surface area contributed by atoms with Crippen LogP contribution in [0.2, 0.25) is 10.0 Å². The number of hydrogen-bond donors (Lipinski definition) is 3. The maximum absolute atomic E-state index is 12.5. The zero-order valence-electron chi connectivity index (χ0n) is 24.4. The number of halogens is 2.